The Bertz CT molecular complexity index is 1180. The molecule has 1 aliphatic heterocycles. The Hall–Kier alpha value is -3.73. The van der Waals surface area contributed by atoms with Gasteiger partial charge in [0.25, 0.3) is 0 Å². The van der Waals surface area contributed by atoms with Crippen LogP contribution in [-0.2, 0) is 0 Å². The monoisotopic (exact) mass is 352 g/mol. The average Bonchev–Trinajstić information content (AvgIpc) is 3.12. The largest absolute Gasteiger partial charge is 0.411 e. The molecule has 1 aromatic heterocycles. The Morgan fingerprint density at radius 1 is 0.815 bits per heavy atom. The number of aromatic nitrogens is 2. The van der Waals surface area contributed by atoms with E-state index in [2.05, 4.69) is 5.16 Å². The highest BCUT2D eigenvalue weighted by molar-refractivity contribution is 6.50. The van der Waals surface area contributed by atoms with Crippen LogP contribution in [0, 0.1) is 0 Å². The van der Waals surface area contributed by atoms with Gasteiger partial charge in [0.1, 0.15) is 17.5 Å². The number of para-hydroxylation sites is 2. The minimum Gasteiger partial charge on any atom is -0.411 e. The minimum absolute atomic E-state index is 0.314. The summed E-state index contributed by atoms with van der Waals surface area (Å²) in [4.78, 5) is 9.47. The van der Waals surface area contributed by atoms with Crippen molar-refractivity contribution in [1.82, 2.24) is 9.55 Å². The molecule has 1 aliphatic rings. The topological polar surface area (TPSA) is 62.8 Å². The van der Waals surface area contributed by atoms with Crippen LogP contribution in [0.1, 0.15) is 17.2 Å². The molecule has 3 aromatic carbocycles. The SMILES string of the molecule is O/N=C1\C(c2ccccc2)=Nc2nc3ccccc3n2[C@@H]1c1ccccc1. The summed E-state index contributed by atoms with van der Waals surface area (Å²) in [6, 6.07) is 27.4. The molecule has 0 aliphatic carbocycles. The van der Waals surface area contributed by atoms with Gasteiger partial charge in [-0.25, -0.2) is 9.98 Å². The quantitative estimate of drug-likeness (QED) is 0.424. The van der Waals surface area contributed by atoms with Gasteiger partial charge in [0.05, 0.1) is 11.0 Å². The highest BCUT2D eigenvalue weighted by Gasteiger charge is 2.33. The molecular weight excluding hydrogens is 336 g/mol. The lowest BCUT2D eigenvalue weighted by atomic mass is 9.93. The molecule has 5 heteroatoms. The van der Waals surface area contributed by atoms with Crippen LogP contribution in [0.4, 0.5) is 5.95 Å². The Morgan fingerprint density at radius 2 is 1.48 bits per heavy atom. The lowest BCUT2D eigenvalue weighted by Crippen LogP contribution is -2.32. The average molecular weight is 352 g/mol. The van der Waals surface area contributed by atoms with Crippen molar-refractivity contribution >= 4 is 28.4 Å². The zero-order valence-electron chi connectivity index (χ0n) is 14.4. The number of hydrogen-bond acceptors (Lipinski definition) is 4. The third kappa shape index (κ3) is 2.44. The predicted octanol–water partition coefficient (Wildman–Crippen LogP) is 4.59. The van der Waals surface area contributed by atoms with Gasteiger partial charge in [-0.1, -0.05) is 78.0 Å². The maximum Gasteiger partial charge on any atom is 0.232 e. The summed E-state index contributed by atoms with van der Waals surface area (Å²) in [5.41, 5.74) is 4.86. The fourth-order valence-corrected chi connectivity index (χ4v) is 3.63. The molecule has 4 aromatic rings. The molecular formula is C22H16N4O. The lowest BCUT2D eigenvalue weighted by Gasteiger charge is -2.27. The minimum atomic E-state index is -0.314. The van der Waals surface area contributed by atoms with Gasteiger partial charge in [-0.15, -0.1) is 0 Å². The number of hydrogen-bond donors (Lipinski definition) is 1. The third-order valence-corrected chi connectivity index (χ3v) is 4.82. The van der Waals surface area contributed by atoms with Crippen LogP contribution in [0.25, 0.3) is 11.0 Å². The summed E-state index contributed by atoms with van der Waals surface area (Å²) >= 11 is 0. The van der Waals surface area contributed by atoms with E-state index in [-0.39, 0.29) is 6.04 Å². The van der Waals surface area contributed by atoms with E-state index in [1.807, 2.05) is 89.5 Å². The molecule has 5 rings (SSSR count). The molecule has 130 valence electrons. The molecule has 27 heavy (non-hydrogen) atoms. The van der Waals surface area contributed by atoms with Crippen LogP contribution in [0.15, 0.2) is 95.1 Å². The maximum atomic E-state index is 9.96. The molecule has 1 N–H and O–H groups in total. The molecule has 2 heterocycles. The second-order valence-electron chi connectivity index (χ2n) is 6.40. The van der Waals surface area contributed by atoms with Gasteiger partial charge in [0.15, 0.2) is 0 Å². The molecule has 0 fully saturated rings. The number of aliphatic imine (C=N–C) groups is 1. The zero-order valence-corrected chi connectivity index (χ0v) is 14.4. The predicted molar refractivity (Wildman–Crippen MR) is 106 cm³/mol. The molecule has 0 bridgehead atoms. The van der Waals surface area contributed by atoms with E-state index in [4.69, 9.17) is 9.98 Å². The van der Waals surface area contributed by atoms with Crippen molar-refractivity contribution in [1.29, 1.82) is 0 Å². The molecule has 0 radical (unpaired) electrons. The van der Waals surface area contributed by atoms with Gasteiger partial charge >= 0.3 is 0 Å². The highest BCUT2D eigenvalue weighted by Crippen LogP contribution is 2.36. The number of nitrogens with zero attached hydrogens (tertiary/aromatic N) is 4. The van der Waals surface area contributed by atoms with E-state index < -0.39 is 0 Å². The molecule has 0 spiro atoms. The standard InChI is InChI=1S/C22H16N4O/c27-25-20-19(15-9-3-1-4-10-15)24-22-23-17-13-7-8-14-18(17)26(22)21(20)16-11-5-2-6-12-16/h1-14,21,27H/b25-20+/t21-/m1/s1. The first-order valence-electron chi connectivity index (χ1n) is 8.75. The molecule has 1 atom stereocenters. The summed E-state index contributed by atoms with van der Waals surface area (Å²) in [7, 11) is 0. The molecule has 0 unspecified atom stereocenters. The van der Waals surface area contributed by atoms with E-state index in [9.17, 15) is 5.21 Å². The van der Waals surface area contributed by atoms with Crippen LogP contribution >= 0.6 is 0 Å². The van der Waals surface area contributed by atoms with Crippen LogP contribution in [0.5, 0.6) is 0 Å². The van der Waals surface area contributed by atoms with Crippen molar-refractivity contribution in [3.05, 3.63) is 96.1 Å². The number of benzene rings is 3. The fraction of sp³-hybridized carbons (Fsp3) is 0.0455. The van der Waals surface area contributed by atoms with Crippen molar-refractivity contribution < 1.29 is 5.21 Å². The van der Waals surface area contributed by atoms with E-state index >= 15 is 0 Å². The summed E-state index contributed by atoms with van der Waals surface area (Å²) < 4.78 is 2.03. The van der Waals surface area contributed by atoms with Gasteiger partial charge in [0, 0.05) is 5.56 Å². The number of imidazole rings is 1. The van der Waals surface area contributed by atoms with Crippen LogP contribution in [-0.4, -0.2) is 26.2 Å². The Labute approximate surface area is 155 Å². The van der Waals surface area contributed by atoms with Gasteiger partial charge in [-0.05, 0) is 17.7 Å². The Kier molecular flexibility index (Phi) is 3.57. The van der Waals surface area contributed by atoms with Crippen LogP contribution in [0.2, 0.25) is 0 Å². The third-order valence-electron chi connectivity index (χ3n) is 4.82. The highest BCUT2D eigenvalue weighted by atomic mass is 16.4. The molecule has 0 saturated heterocycles. The first-order valence-corrected chi connectivity index (χ1v) is 8.75. The normalized spacial score (nSPS) is 17.7. The smallest absolute Gasteiger partial charge is 0.232 e. The Balaban J connectivity index is 1.84. The molecule has 0 saturated carbocycles. The first-order chi connectivity index (χ1) is 13.4. The van der Waals surface area contributed by atoms with Crippen LogP contribution in [0.3, 0.4) is 0 Å². The summed E-state index contributed by atoms with van der Waals surface area (Å²) in [6.45, 7) is 0. The molecule has 5 nitrogen and oxygen atoms in total. The Morgan fingerprint density at radius 3 is 2.22 bits per heavy atom. The number of rotatable bonds is 2. The van der Waals surface area contributed by atoms with Gasteiger partial charge in [-0.2, -0.15) is 0 Å². The molecule has 0 amide bonds. The number of fused-ring (bicyclic) bond motifs is 3. The summed E-state index contributed by atoms with van der Waals surface area (Å²) in [5.74, 6) is 0.608. The summed E-state index contributed by atoms with van der Waals surface area (Å²) in [5, 5.41) is 13.6. The van der Waals surface area contributed by atoms with Gasteiger partial charge in [-0.3, -0.25) is 4.57 Å². The van der Waals surface area contributed by atoms with Gasteiger partial charge in [0.2, 0.25) is 5.95 Å². The van der Waals surface area contributed by atoms with Crippen molar-refractivity contribution in [2.24, 2.45) is 10.1 Å². The van der Waals surface area contributed by atoms with Crippen molar-refractivity contribution in [2.45, 2.75) is 6.04 Å². The first kappa shape index (κ1) is 15.5. The lowest BCUT2D eigenvalue weighted by molar-refractivity contribution is 0.317. The summed E-state index contributed by atoms with van der Waals surface area (Å²) in [6.07, 6.45) is 0. The van der Waals surface area contributed by atoms with E-state index in [0.717, 1.165) is 22.2 Å². The van der Waals surface area contributed by atoms with E-state index in [0.29, 0.717) is 17.4 Å². The zero-order chi connectivity index (χ0) is 18.2. The van der Waals surface area contributed by atoms with E-state index in [1.54, 1.807) is 0 Å². The van der Waals surface area contributed by atoms with E-state index in [1.165, 1.54) is 0 Å². The second-order valence-corrected chi connectivity index (χ2v) is 6.40. The maximum absolute atomic E-state index is 9.96. The van der Waals surface area contributed by atoms with Crippen molar-refractivity contribution in [2.75, 3.05) is 0 Å². The van der Waals surface area contributed by atoms with Crippen molar-refractivity contribution in [3.8, 4) is 0 Å². The second kappa shape index (κ2) is 6.21. The fourth-order valence-electron chi connectivity index (χ4n) is 3.63. The van der Waals surface area contributed by atoms with Gasteiger partial charge < -0.3 is 5.21 Å². The number of oxime groups is 1. The van der Waals surface area contributed by atoms with Crippen LogP contribution < -0.4 is 0 Å². The van der Waals surface area contributed by atoms with Crippen molar-refractivity contribution in [3.63, 3.8) is 0 Å².